The third-order valence-corrected chi connectivity index (χ3v) is 3.55. The summed E-state index contributed by atoms with van der Waals surface area (Å²) in [6, 6.07) is 8.82. The van der Waals surface area contributed by atoms with Gasteiger partial charge in [-0.1, -0.05) is 59.6 Å². The van der Waals surface area contributed by atoms with Gasteiger partial charge in [-0.05, 0) is 30.7 Å². The first kappa shape index (κ1) is 11.8. The Kier molecular flexibility index (Phi) is 4.67. The molecule has 1 heteroatoms. The molecule has 1 unspecified atom stereocenters. The summed E-state index contributed by atoms with van der Waals surface area (Å²) in [5.41, 5.74) is 2.82. The van der Waals surface area contributed by atoms with Gasteiger partial charge < -0.3 is 0 Å². The molecule has 0 bridgehead atoms. The zero-order valence-corrected chi connectivity index (χ0v) is 10.8. The van der Waals surface area contributed by atoms with E-state index in [1.807, 2.05) is 0 Å². The molecule has 1 aromatic rings. The molecule has 14 heavy (non-hydrogen) atoms. The fraction of sp³-hybridized carbons (Fsp3) is 0.538. The average Bonchev–Trinajstić information content (AvgIpc) is 2.14. The average molecular weight is 255 g/mol. The first-order chi connectivity index (χ1) is 6.63. The summed E-state index contributed by atoms with van der Waals surface area (Å²) in [5.74, 6) is 1.49. The summed E-state index contributed by atoms with van der Waals surface area (Å²) in [5, 5.41) is 1.10. The highest BCUT2D eigenvalue weighted by molar-refractivity contribution is 9.09. The molecule has 0 saturated carbocycles. The van der Waals surface area contributed by atoms with Crippen molar-refractivity contribution >= 4 is 15.9 Å². The van der Waals surface area contributed by atoms with Gasteiger partial charge in [0.25, 0.3) is 0 Å². The Balaban J connectivity index is 2.67. The Morgan fingerprint density at radius 1 is 1.29 bits per heavy atom. The molecule has 78 valence electrons. The molecule has 0 radical (unpaired) electrons. The van der Waals surface area contributed by atoms with E-state index in [4.69, 9.17) is 0 Å². The minimum absolute atomic E-state index is 0.745. The van der Waals surface area contributed by atoms with Gasteiger partial charge in [0, 0.05) is 5.33 Å². The lowest BCUT2D eigenvalue weighted by molar-refractivity contribution is 0.427. The van der Waals surface area contributed by atoms with Crippen molar-refractivity contribution in [3.8, 4) is 0 Å². The summed E-state index contributed by atoms with van der Waals surface area (Å²) in [6.07, 6.45) is 1.19. The number of rotatable bonds is 4. The van der Waals surface area contributed by atoms with E-state index < -0.39 is 0 Å². The van der Waals surface area contributed by atoms with Crippen LogP contribution < -0.4 is 0 Å². The molecule has 1 rings (SSSR count). The molecule has 0 aliphatic rings. The van der Waals surface area contributed by atoms with Gasteiger partial charge in [0.05, 0.1) is 0 Å². The molecule has 0 saturated heterocycles. The fourth-order valence-corrected chi connectivity index (χ4v) is 2.59. The van der Waals surface area contributed by atoms with Crippen molar-refractivity contribution in [2.75, 3.05) is 5.33 Å². The Morgan fingerprint density at radius 2 is 2.00 bits per heavy atom. The second kappa shape index (κ2) is 5.55. The summed E-state index contributed by atoms with van der Waals surface area (Å²) < 4.78 is 0. The van der Waals surface area contributed by atoms with Gasteiger partial charge in [-0.25, -0.2) is 0 Å². The number of benzene rings is 1. The quantitative estimate of drug-likeness (QED) is 0.707. The normalized spacial score (nSPS) is 13.2. The summed E-state index contributed by atoms with van der Waals surface area (Å²) in [4.78, 5) is 0. The van der Waals surface area contributed by atoms with Crippen LogP contribution in [-0.2, 0) is 6.42 Å². The molecule has 0 nitrogen and oxygen atoms in total. The van der Waals surface area contributed by atoms with E-state index in [0.29, 0.717) is 0 Å². The summed E-state index contributed by atoms with van der Waals surface area (Å²) in [7, 11) is 0. The molecule has 0 aliphatic heterocycles. The predicted octanol–water partition coefficient (Wildman–Crippen LogP) is 4.20. The Hall–Kier alpha value is -0.300. The van der Waals surface area contributed by atoms with Crippen molar-refractivity contribution in [2.24, 2.45) is 11.8 Å². The van der Waals surface area contributed by atoms with Crippen molar-refractivity contribution in [3.63, 3.8) is 0 Å². The molecule has 1 atom stereocenters. The van der Waals surface area contributed by atoms with E-state index >= 15 is 0 Å². The van der Waals surface area contributed by atoms with Crippen molar-refractivity contribution in [1.29, 1.82) is 0 Å². The van der Waals surface area contributed by atoms with Crippen molar-refractivity contribution in [3.05, 3.63) is 35.4 Å². The highest BCUT2D eigenvalue weighted by Gasteiger charge is 2.12. The number of halogens is 1. The number of aryl methyl sites for hydroxylation is 1. The fourth-order valence-electron chi connectivity index (χ4n) is 1.61. The van der Waals surface area contributed by atoms with E-state index in [0.717, 1.165) is 17.2 Å². The van der Waals surface area contributed by atoms with Crippen molar-refractivity contribution in [2.45, 2.75) is 27.2 Å². The second-order valence-electron chi connectivity index (χ2n) is 4.35. The Morgan fingerprint density at radius 3 is 2.50 bits per heavy atom. The second-order valence-corrected chi connectivity index (χ2v) is 5.00. The van der Waals surface area contributed by atoms with E-state index in [9.17, 15) is 0 Å². The van der Waals surface area contributed by atoms with Gasteiger partial charge in [-0.3, -0.25) is 0 Å². The van der Waals surface area contributed by atoms with E-state index in [1.54, 1.807) is 0 Å². The van der Waals surface area contributed by atoms with Gasteiger partial charge in [0.15, 0.2) is 0 Å². The molecule has 0 amide bonds. The van der Waals surface area contributed by atoms with E-state index in [1.165, 1.54) is 17.5 Å². The molecule has 0 aliphatic carbocycles. The van der Waals surface area contributed by atoms with Crippen LogP contribution in [0.25, 0.3) is 0 Å². The Labute approximate surface area is 95.9 Å². The van der Waals surface area contributed by atoms with Crippen LogP contribution in [-0.4, -0.2) is 5.33 Å². The van der Waals surface area contributed by atoms with Gasteiger partial charge in [0.2, 0.25) is 0 Å². The highest BCUT2D eigenvalue weighted by Crippen LogP contribution is 2.19. The summed E-state index contributed by atoms with van der Waals surface area (Å²) in [6.45, 7) is 6.74. The smallest absolute Gasteiger partial charge is 0.00652 e. The molecule has 0 fully saturated rings. The zero-order valence-electron chi connectivity index (χ0n) is 9.26. The van der Waals surface area contributed by atoms with Gasteiger partial charge in [0.1, 0.15) is 0 Å². The van der Waals surface area contributed by atoms with Gasteiger partial charge in [-0.2, -0.15) is 0 Å². The molecule has 0 heterocycles. The topological polar surface area (TPSA) is 0 Å². The van der Waals surface area contributed by atoms with E-state index in [-0.39, 0.29) is 0 Å². The highest BCUT2D eigenvalue weighted by atomic mass is 79.9. The van der Waals surface area contributed by atoms with Crippen LogP contribution in [0.2, 0.25) is 0 Å². The first-order valence-corrected chi connectivity index (χ1v) is 6.37. The van der Waals surface area contributed by atoms with Crippen LogP contribution >= 0.6 is 15.9 Å². The predicted molar refractivity (Wildman–Crippen MR) is 67.0 cm³/mol. The van der Waals surface area contributed by atoms with Crippen LogP contribution in [0.3, 0.4) is 0 Å². The zero-order chi connectivity index (χ0) is 10.6. The minimum Gasteiger partial charge on any atom is -0.0925 e. The first-order valence-electron chi connectivity index (χ1n) is 5.25. The number of hydrogen-bond donors (Lipinski definition) is 0. The van der Waals surface area contributed by atoms with Crippen LogP contribution in [0.4, 0.5) is 0 Å². The van der Waals surface area contributed by atoms with Crippen molar-refractivity contribution < 1.29 is 0 Å². The monoisotopic (exact) mass is 254 g/mol. The third-order valence-electron chi connectivity index (χ3n) is 2.72. The van der Waals surface area contributed by atoms with Crippen LogP contribution in [0.1, 0.15) is 25.0 Å². The molecule has 0 spiro atoms. The number of hydrogen-bond acceptors (Lipinski definition) is 0. The maximum Gasteiger partial charge on any atom is 0.00652 e. The largest absolute Gasteiger partial charge is 0.0925 e. The van der Waals surface area contributed by atoms with E-state index in [2.05, 4.69) is 61.0 Å². The summed E-state index contributed by atoms with van der Waals surface area (Å²) >= 11 is 3.59. The lowest BCUT2D eigenvalue weighted by Gasteiger charge is -2.18. The van der Waals surface area contributed by atoms with Crippen molar-refractivity contribution in [1.82, 2.24) is 0 Å². The molecular formula is C13H19Br. The van der Waals surface area contributed by atoms with Crippen LogP contribution in [0, 0.1) is 18.8 Å². The van der Waals surface area contributed by atoms with Gasteiger partial charge in [-0.15, -0.1) is 0 Å². The lowest BCUT2D eigenvalue weighted by atomic mass is 9.91. The minimum atomic E-state index is 0.745. The number of alkyl halides is 1. The third kappa shape index (κ3) is 3.45. The molecule has 1 aromatic carbocycles. The maximum absolute atomic E-state index is 3.59. The van der Waals surface area contributed by atoms with Crippen LogP contribution in [0.5, 0.6) is 0 Å². The lowest BCUT2D eigenvalue weighted by Crippen LogP contribution is -2.13. The SMILES string of the molecule is Cc1cccc(CC(CBr)C(C)C)c1. The molecule has 0 N–H and O–H groups in total. The standard InChI is InChI=1S/C13H19Br/c1-10(2)13(9-14)8-12-6-4-5-11(3)7-12/h4-7,10,13H,8-9H2,1-3H3. The van der Waals surface area contributed by atoms with Crippen LogP contribution in [0.15, 0.2) is 24.3 Å². The van der Waals surface area contributed by atoms with Gasteiger partial charge >= 0.3 is 0 Å². The maximum atomic E-state index is 3.59. The Bertz CT molecular complexity index is 278. The molecule has 0 aromatic heterocycles. The molecular weight excluding hydrogens is 236 g/mol.